The van der Waals surface area contributed by atoms with Crippen LogP contribution in [-0.2, 0) is 35.7 Å². The lowest BCUT2D eigenvalue weighted by Gasteiger charge is -2.11. The number of alkyl halides is 8. The number of ketones is 1. The summed E-state index contributed by atoms with van der Waals surface area (Å²) in [6, 6.07) is 12.3. The van der Waals surface area contributed by atoms with Crippen LogP contribution in [0.5, 0.6) is 17.2 Å². The number of rotatable bonds is 11. The third-order valence-corrected chi connectivity index (χ3v) is 10.5. The van der Waals surface area contributed by atoms with Crippen molar-refractivity contribution >= 4 is 241 Å². The number of imidazole rings is 2. The van der Waals surface area contributed by atoms with E-state index in [9.17, 15) is 41.8 Å². The van der Waals surface area contributed by atoms with Gasteiger partial charge in [0.1, 0.15) is 29.8 Å². The second-order valence-electron chi connectivity index (χ2n) is 15.5. The summed E-state index contributed by atoms with van der Waals surface area (Å²) in [7, 11) is 0. The number of nitrogen functional groups attached to an aromatic ring is 1. The fraction of sp³-hybridized carbons (Fsp3) is 0.340. The van der Waals surface area contributed by atoms with Gasteiger partial charge in [0, 0.05) is 66.7 Å². The predicted molar refractivity (Wildman–Crippen MR) is 391 cm³/mol. The van der Waals surface area contributed by atoms with Crippen molar-refractivity contribution in [2.24, 2.45) is 0 Å². The van der Waals surface area contributed by atoms with Gasteiger partial charge in [0.25, 0.3) is 0 Å². The number of pyridine rings is 3. The maximum Gasteiger partial charge on any atom is 0.357 e. The molecule has 0 bridgehead atoms. The average Bonchev–Trinajstić information content (AvgIpc) is 3.81. The normalized spacial score (nSPS) is 10.1. The number of nitrogens with two attached hydrogens (primary N) is 1. The highest BCUT2D eigenvalue weighted by Gasteiger charge is 2.23. The molecule has 0 aliphatic carbocycles. The van der Waals surface area contributed by atoms with Gasteiger partial charge < -0.3 is 34.9 Å². The summed E-state index contributed by atoms with van der Waals surface area (Å²) >= 11 is 26.2. The first kappa shape index (κ1) is 83.6. The summed E-state index contributed by atoms with van der Waals surface area (Å²) in [5.41, 5.74) is 10.1. The predicted octanol–water partition coefficient (Wildman–Crippen LogP) is 17.3. The van der Waals surface area contributed by atoms with E-state index in [1.165, 1.54) is 45.8 Å². The lowest BCUT2D eigenvalue weighted by Crippen LogP contribution is -2.24. The van der Waals surface area contributed by atoms with E-state index in [0.717, 1.165) is 16.6 Å². The molecule has 0 saturated carbocycles. The molecule has 1 atom stereocenters. The van der Waals surface area contributed by atoms with Crippen molar-refractivity contribution in [1.82, 2.24) is 23.8 Å². The molecule has 0 saturated heterocycles. The fourth-order valence-corrected chi connectivity index (χ4v) is 6.75. The summed E-state index contributed by atoms with van der Waals surface area (Å²) in [5.74, 6) is -3.73. The maximum atomic E-state index is 13.8. The van der Waals surface area contributed by atoms with Gasteiger partial charge in [0.15, 0.2) is 56.9 Å². The SMILES string of the molecule is CCOC(=O)C(Cl)C(C)=O.CCOC(=O)c1c(C)nc2c(O)cc(C)cn12.CCOC(=O)c1c(C)nc2c(OCc3c(F)cccc3F)cc(C)cn12.CI.Cc1cnc(N)c(O)c1.Fc1cccc(F)c1CBr.IC(I)I.ICI.II. The van der Waals surface area contributed by atoms with Gasteiger partial charge in [0.2, 0.25) is 0 Å². The minimum Gasteiger partial charge on any atom is -0.504 e. The first-order valence-corrected chi connectivity index (χ1v) is 40.3. The zero-order valence-electron chi connectivity index (χ0n) is 46.1. The Kier molecular flexibility index (Phi) is 47.0. The van der Waals surface area contributed by atoms with Gasteiger partial charge in [-0.2, -0.15) is 0 Å². The first-order chi connectivity index (χ1) is 39.1. The Morgan fingerprint density at radius 1 is 0.687 bits per heavy atom. The molecule has 5 aromatic heterocycles. The number of anilines is 1. The summed E-state index contributed by atoms with van der Waals surface area (Å²) in [6.45, 7) is 15.8. The second-order valence-corrected chi connectivity index (χ2v) is 31.8. The molecule has 0 spiro atoms. The zero-order chi connectivity index (χ0) is 64.3. The molecule has 5 heterocycles. The fourth-order valence-electron chi connectivity index (χ4n) is 6.15. The standard InChI is InChI=1S/C19H18F2N2O3.C12H14N2O3.C7H5BrF2.C6H9ClO3.C6H8N2O.CHI3.CH2I2.CH3I.I2/c1-4-25-19(24)17-12(3)22-18-16(8-11(2)9-23(17)18)26-10-13-14(20)6-5-7-15(13)21;1-4-17-12(16)10-8(3)13-11-9(15)5-7(2)6-14(10)11;8-4-5-6(9)2-1-3-7(5)10;1-3-10-6(9)5(7)4(2)8;1-4-2-5(9)6(7)8-3-4;2-1(3)4;2-1-3;2*1-2/h5-9H,4,10H2,1-3H3;5-6,15H,4H2,1-3H3;1-3H,4H2;5H,3H2,1-2H3;2-3,9H,1H3,(H2,7,8);1H;1H2;1H3;. The van der Waals surface area contributed by atoms with Crippen LogP contribution in [0.2, 0.25) is 0 Å². The largest absolute Gasteiger partial charge is 0.504 e. The number of carbonyl (C=O) groups excluding carboxylic acids is 4. The quantitative estimate of drug-likeness (QED) is 0.0274. The van der Waals surface area contributed by atoms with Gasteiger partial charge in [-0.15, -0.1) is 11.6 Å². The minimum atomic E-state index is -1.14. The van der Waals surface area contributed by atoms with E-state index >= 15 is 0 Å². The van der Waals surface area contributed by atoms with Crippen LogP contribution in [0.1, 0.15) is 87.9 Å². The van der Waals surface area contributed by atoms with E-state index in [0.29, 0.717) is 46.4 Å². The molecule has 16 nitrogen and oxygen atoms in total. The monoisotopic (exact) mass is 2150 g/mol. The van der Waals surface area contributed by atoms with E-state index in [4.69, 9.17) is 36.7 Å². The Bertz CT molecular complexity index is 3090. The van der Waals surface area contributed by atoms with Crippen LogP contribution >= 0.6 is 200 Å². The lowest BCUT2D eigenvalue weighted by atomic mass is 10.2. The Morgan fingerprint density at radius 3 is 1.45 bits per heavy atom. The molecular formula is C53H60BrClF4I8N6O10. The number of aryl methyl sites for hydroxylation is 5. The van der Waals surface area contributed by atoms with Crippen molar-refractivity contribution in [1.29, 1.82) is 0 Å². The maximum absolute atomic E-state index is 13.8. The van der Waals surface area contributed by atoms with Crippen LogP contribution in [-0.4, -0.2) is 90.2 Å². The third kappa shape index (κ3) is 30.6. The van der Waals surface area contributed by atoms with Gasteiger partial charge >= 0.3 is 17.9 Å². The number of Topliss-reactive ketones (excluding diaryl/α,β-unsaturated/α-hetero) is 1. The summed E-state index contributed by atoms with van der Waals surface area (Å²) in [4.78, 5) is 59.3. The number of aromatic nitrogens is 5. The first-order valence-electron chi connectivity index (χ1n) is 23.5. The molecule has 0 aliphatic rings. The molecule has 4 N–H and O–H groups in total. The van der Waals surface area contributed by atoms with Crippen LogP contribution in [0.4, 0.5) is 23.4 Å². The van der Waals surface area contributed by atoms with E-state index in [1.807, 2.05) is 25.7 Å². The lowest BCUT2D eigenvalue weighted by molar-refractivity contribution is -0.144. The number of fused-ring (bicyclic) bond motifs is 2. The summed E-state index contributed by atoms with van der Waals surface area (Å²) < 4.78 is 78.0. The number of nitrogens with zero attached hydrogens (tertiary/aromatic N) is 5. The molecule has 2 aromatic carbocycles. The molecule has 7 aromatic rings. The van der Waals surface area contributed by atoms with E-state index in [1.54, 1.807) is 80.2 Å². The van der Waals surface area contributed by atoms with Crippen molar-refractivity contribution in [2.45, 2.75) is 79.6 Å². The number of hydrogen-bond acceptors (Lipinski definition) is 14. The Balaban J connectivity index is 0. The van der Waals surface area contributed by atoms with Gasteiger partial charge in [-0.05, 0) is 126 Å². The zero-order valence-corrected chi connectivity index (χ0v) is 65.7. The van der Waals surface area contributed by atoms with Gasteiger partial charge in [-0.25, -0.2) is 46.9 Å². The molecule has 30 heteroatoms. The van der Waals surface area contributed by atoms with Crippen molar-refractivity contribution in [3.05, 3.63) is 147 Å². The molecule has 0 radical (unpaired) electrons. The smallest absolute Gasteiger partial charge is 0.357 e. The third-order valence-electron chi connectivity index (χ3n) is 9.46. The van der Waals surface area contributed by atoms with E-state index < -0.39 is 46.6 Å². The number of aromatic hydroxyl groups is 2. The number of benzene rings is 2. The Labute approximate surface area is 599 Å². The molecule has 460 valence electrons. The van der Waals surface area contributed by atoms with Crippen molar-refractivity contribution in [3.8, 4) is 17.2 Å². The van der Waals surface area contributed by atoms with Crippen LogP contribution < -0.4 is 10.5 Å². The highest BCUT2D eigenvalue weighted by atomic mass is 128. The average molecular weight is 2150 g/mol. The molecule has 83 heavy (non-hydrogen) atoms. The number of esters is 3. The van der Waals surface area contributed by atoms with Crippen molar-refractivity contribution in [3.63, 3.8) is 0 Å². The number of halogens is 14. The van der Waals surface area contributed by atoms with Crippen LogP contribution in [0.3, 0.4) is 0 Å². The molecule has 0 fully saturated rings. The Hall–Kier alpha value is -1.42. The number of hydrogen-bond donors (Lipinski definition) is 3. The van der Waals surface area contributed by atoms with Gasteiger partial charge in [0.05, 0.1) is 39.2 Å². The molecule has 0 amide bonds. The van der Waals surface area contributed by atoms with Crippen LogP contribution in [0.25, 0.3) is 11.3 Å². The Morgan fingerprint density at radius 2 is 1.07 bits per heavy atom. The number of carbonyl (C=O) groups is 4. The van der Waals surface area contributed by atoms with Crippen LogP contribution in [0.15, 0.2) is 73.2 Å². The van der Waals surface area contributed by atoms with Crippen molar-refractivity contribution in [2.75, 3.05) is 32.9 Å². The highest BCUT2D eigenvalue weighted by molar-refractivity contribution is 15.0. The van der Waals surface area contributed by atoms with Gasteiger partial charge in [-0.3, -0.25) is 13.6 Å². The topological polar surface area (TPSA) is 219 Å². The molecule has 7 rings (SSSR count). The molecule has 0 aliphatic heterocycles. The molecular weight excluding hydrogens is 2090 g/mol. The second kappa shape index (κ2) is 46.7. The van der Waals surface area contributed by atoms with E-state index in [-0.39, 0.29) is 59.4 Å². The van der Waals surface area contributed by atoms with Crippen LogP contribution in [0, 0.1) is 57.9 Å². The highest BCUT2D eigenvalue weighted by Crippen LogP contribution is 2.27. The van der Waals surface area contributed by atoms with E-state index in [2.05, 4.69) is 208 Å². The minimum absolute atomic E-state index is 0.0509. The molecule has 1 unspecified atom stereocenters. The number of ether oxygens (including phenoxy) is 4. The van der Waals surface area contributed by atoms with Crippen molar-refractivity contribution < 1.29 is 65.9 Å². The summed E-state index contributed by atoms with van der Waals surface area (Å²) in [5, 5.41) is 17.8. The summed E-state index contributed by atoms with van der Waals surface area (Å²) in [6.07, 6.45) is 5.09. The van der Waals surface area contributed by atoms with Gasteiger partial charge in [-0.1, -0.05) is 164 Å².